The second-order valence-corrected chi connectivity index (χ2v) is 5.40. The zero-order valence-electron chi connectivity index (χ0n) is 10.5. The standard InChI is InChI=1S/C17H17N/c1-2-7-15-12-16(11-14(15)6-1)18-10-9-13-5-3-4-8-17(13)18/h1-8,16H,9-12H2. The van der Waals surface area contributed by atoms with E-state index in [0.29, 0.717) is 6.04 Å². The van der Waals surface area contributed by atoms with Crippen LogP contribution in [0.25, 0.3) is 0 Å². The van der Waals surface area contributed by atoms with Crippen molar-refractivity contribution in [1.82, 2.24) is 0 Å². The second-order valence-electron chi connectivity index (χ2n) is 5.40. The summed E-state index contributed by atoms with van der Waals surface area (Å²) in [5.41, 5.74) is 6.09. The zero-order chi connectivity index (χ0) is 11.9. The Balaban J connectivity index is 1.65. The summed E-state index contributed by atoms with van der Waals surface area (Å²) in [6.45, 7) is 1.19. The Labute approximate surface area is 108 Å². The lowest BCUT2D eigenvalue weighted by Gasteiger charge is -2.26. The zero-order valence-corrected chi connectivity index (χ0v) is 10.5. The van der Waals surface area contributed by atoms with E-state index >= 15 is 0 Å². The van der Waals surface area contributed by atoms with E-state index in [4.69, 9.17) is 0 Å². The van der Waals surface area contributed by atoms with E-state index < -0.39 is 0 Å². The van der Waals surface area contributed by atoms with Crippen molar-refractivity contribution < 1.29 is 0 Å². The average molecular weight is 235 g/mol. The summed E-state index contributed by atoms with van der Waals surface area (Å²) in [5.74, 6) is 0. The van der Waals surface area contributed by atoms with Crippen LogP contribution < -0.4 is 4.90 Å². The number of nitrogens with zero attached hydrogens (tertiary/aromatic N) is 1. The fourth-order valence-corrected chi connectivity index (χ4v) is 3.50. The lowest BCUT2D eigenvalue weighted by molar-refractivity contribution is 0.637. The molecule has 0 saturated carbocycles. The van der Waals surface area contributed by atoms with Gasteiger partial charge in [-0.1, -0.05) is 42.5 Å². The van der Waals surface area contributed by atoms with Gasteiger partial charge in [0.25, 0.3) is 0 Å². The molecule has 2 aromatic rings. The number of fused-ring (bicyclic) bond motifs is 2. The van der Waals surface area contributed by atoms with Crippen LogP contribution in [0.3, 0.4) is 0 Å². The Morgan fingerprint density at radius 2 is 1.39 bits per heavy atom. The molecule has 0 fully saturated rings. The first-order chi connectivity index (χ1) is 8.92. The highest BCUT2D eigenvalue weighted by molar-refractivity contribution is 5.59. The number of rotatable bonds is 1. The molecule has 1 heteroatoms. The monoisotopic (exact) mass is 235 g/mol. The lowest BCUT2D eigenvalue weighted by atomic mass is 10.1. The first kappa shape index (κ1) is 10.2. The fraction of sp³-hybridized carbons (Fsp3) is 0.294. The molecule has 0 amide bonds. The summed E-state index contributed by atoms with van der Waals surface area (Å²) in [7, 11) is 0. The van der Waals surface area contributed by atoms with Gasteiger partial charge in [0.15, 0.2) is 0 Å². The summed E-state index contributed by atoms with van der Waals surface area (Å²) >= 11 is 0. The van der Waals surface area contributed by atoms with Gasteiger partial charge in [0.1, 0.15) is 0 Å². The van der Waals surface area contributed by atoms with Crippen LogP contribution in [0.1, 0.15) is 16.7 Å². The van der Waals surface area contributed by atoms with Gasteiger partial charge < -0.3 is 4.90 Å². The molecule has 0 bridgehead atoms. The van der Waals surface area contributed by atoms with Gasteiger partial charge in [0, 0.05) is 18.3 Å². The van der Waals surface area contributed by atoms with Crippen LogP contribution in [-0.4, -0.2) is 12.6 Å². The third-order valence-electron chi connectivity index (χ3n) is 4.39. The van der Waals surface area contributed by atoms with Gasteiger partial charge in [-0.2, -0.15) is 0 Å². The van der Waals surface area contributed by atoms with Crippen LogP contribution >= 0.6 is 0 Å². The Morgan fingerprint density at radius 1 is 0.778 bits per heavy atom. The highest BCUT2D eigenvalue weighted by Gasteiger charge is 2.30. The topological polar surface area (TPSA) is 3.24 Å². The SMILES string of the molecule is c1ccc2c(c1)CC(N1CCc3ccccc31)C2. The van der Waals surface area contributed by atoms with Crippen molar-refractivity contribution in [3.05, 3.63) is 65.2 Å². The maximum absolute atomic E-state index is 2.62. The quantitative estimate of drug-likeness (QED) is 0.733. The van der Waals surface area contributed by atoms with Crippen molar-refractivity contribution in [2.45, 2.75) is 25.3 Å². The molecule has 2 aromatic carbocycles. The highest BCUT2D eigenvalue weighted by atomic mass is 15.2. The molecule has 0 atom stereocenters. The predicted molar refractivity (Wildman–Crippen MR) is 75.1 cm³/mol. The first-order valence-corrected chi connectivity index (χ1v) is 6.83. The molecule has 0 radical (unpaired) electrons. The third-order valence-corrected chi connectivity index (χ3v) is 4.39. The Kier molecular flexibility index (Phi) is 2.19. The van der Waals surface area contributed by atoms with Crippen LogP contribution in [0.2, 0.25) is 0 Å². The van der Waals surface area contributed by atoms with Crippen molar-refractivity contribution in [3.8, 4) is 0 Å². The smallest absolute Gasteiger partial charge is 0.0402 e. The molecule has 18 heavy (non-hydrogen) atoms. The molecule has 1 aliphatic carbocycles. The van der Waals surface area contributed by atoms with Crippen molar-refractivity contribution in [1.29, 1.82) is 0 Å². The van der Waals surface area contributed by atoms with Gasteiger partial charge in [-0.25, -0.2) is 0 Å². The fourth-order valence-electron chi connectivity index (χ4n) is 3.50. The molecule has 0 N–H and O–H groups in total. The Morgan fingerprint density at radius 3 is 2.11 bits per heavy atom. The molecule has 0 unspecified atom stereocenters. The minimum absolute atomic E-state index is 0.672. The van der Waals surface area contributed by atoms with Crippen molar-refractivity contribution in [2.75, 3.05) is 11.4 Å². The Hall–Kier alpha value is -1.76. The average Bonchev–Trinajstić information content (AvgIpc) is 3.02. The summed E-state index contributed by atoms with van der Waals surface area (Å²) in [6.07, 6.45) is 3.64. The van der Waals surface area contributed by atoms with Gasteiger partial charge in [-0.3, -0.25) is 0 Å². The summed E-state index contributed by atoms with van der Waals surface area (Å²) in [4.78, 5) is 2.62. The number of para-hydroxylation sites is 1. The molecule has 1 aliphatic heterocycles. The minimum Gasteiger partial charge on any atom is -0.367 e. The van der Waals surface area contributed by atoms with E-state index in [9.17, 15) is 0 Å². The second kappa shape index (κ2) is 3.88. The summed E-state index contributed by atoms with van der Waals surface area (Å²) < 4.78 is 0. The van der Waals surface area contributed by atoms with Gasteiger partial charge in [0.2, 0.25) is 0 Å². The molecule has 1 nitrogen and oxygen atoms in total. The molecule has 0 saturated heterocycles. The number of anilines is 1. The first-order valence-electron chi connectivity index (χ1n) is 6.83. The molecule has 0 aromatic heterocycles. The van der Waals surface area contributed by atoms with Gasteiger partial charge in [-0.05, 0) is 42.0 Å². The molecule has 90 valence electrons. The Bertz CT molecular complexity index is 563. The van der Waals surface area contributed by atoms with Crippen LogP contribution in [0.15, 0.2) is 48.5 Å². The van der Waals surface area contributed by atoms with Crippen LogP contribution in [0.5, 0.6) is 0 Å². The highest BCUT2D eigenvalue weighted by Crippen LogP contribution is 2.34. The van der Waals surface area contributed by atoms with E-state index in [1.54, 1.807) is 11.1 Å². The summed E-state index contributed by atoms with van der Waals surface area (Å²) in [6, 6.07) is 18.5. The van der Waals surface area contributed by atoms with Crippen LogP contribution in [-0.2, 0) is 19.3 Å². The number of benzene rings is 2. The minimum atomic E-state index is 0.672. The summed E-state index contributed by atoms with van der Waals surface area (Å²) in [5, 5.41) is 0. The van der Waals surface area contributed by atoms with E-state index in [-0.39, 0.29) is 0 Å². The van der Waals surface area contributed by atoms with Gasteiger partial charge >= 0.3 is 0 Å². The maximum atomic E-state index is 2.62. The molecule has 1 heterocycles. The van der Waals surface area contributed by atoms with E-state index in [0.717, 1.165) is 0 Å². The third kappa shape index (κ3) is 1.47. The van der Waals surface area contributed by atoms with E-state index in [1.807, 2.05) is 0 Å². The molecule has 2 aliphatic rings. The maximum Gasteiger partial charge on any atom is 0.0402 e. The number of hydrogen-bond donors (Lipinski definition) is 0. The van der Waals surface area contributed by atoms with Crippen molar-refractivity contribution >= 4 is 5.69 Å². The van der Waals surface area contributed by atoms with Crippen molar-refractivity contribution in [3.63, 3.8) is 0 Å². The van der Waals surface area contributed by atoms with Gasteiger partial charge in [0.05, 0.1) is 0 Å². The molecular formula is C17H17N. The van der Waals surface area contributed by atoms with Crippen molar-refractivity contribution in [2.24, 2.45) is 0 Å². The van der Waals surface area contributed by atoms with Gasteiger partial charge in [-0.15, -0.1) is 0 Å². The van der Waals surface area contributed by atoms with E-state index in [1.165, 1.54) is 37.1 Å². The van der Waals surface area contributed by atoms with Crippen LogP contribution in [0, 0.1) is 0 Å². The molecular weight excluding hydrogens is 218 g/mol. The molecule has 4 rings (SSSR count). The number of hydrogen-bond acceptors (Lipinski definition) is 1. The lowest BCUT2D eigenvalue weighted by Crippen LogP contribution is -2.34. The van der Waals surface area contributed by atoms with Crippen LogP contribution in [0.4, 0.5) is 5.69 Å². The largest absolute Gasteiger partial charge is 0.367 e. The van der Waals surface area contributed by atoms with E-state index in [2.05, 4.69) is 53.4 Å². The molecule has 0 spiro atoms. The normalized spacial score (nSPS) is 17.9. The predicted octanol–water partition coefficient (Wildman–Crippen LogP) is 3.22.